The van der Waals surface area contributed by atoms with Crippen LogP contribution in [0.25, 0.3) is 0 Å². The molecule has 2 aromatic rings. The summed E-state index contributed by atoms with van der Waals surface area (Å²) in [7, 11) is 0. The summed E-state index contributed by atoms with van der Waals surface area (Å²) in [4.78, 5) is 0. The Labute approximate surface area is 123 Å². The van der Waals surface area contributed by atoms with Gasteiger partial charge in [0.05, 0.1) is 0 Å². The fourth-order valence-electron chi connectivity index (χ4n) is 3.57. The number of nitrogens with one attached hydrogen (secondary N) is 1. The van der Waals surface area contributed by atoms with Gasteiger partial charge in [0.1, 0.15) is 11.5 Å². The van der Waals surface area contributed by atoms with Gasteiger partial charge >= 0.3 is 0 Å². The van der Waals surface area contributed by atoms with Crippen molar-refractivity contribution in [3.63, 3.8) is 0 Å². The number of hydrogen-bond donors (Lipinski definition) is 1. The lowest BCUT2D eigenvalue weighted by Crippen LogP contribution is -2.42. The molecule has 0 unspecified atom stereocenters. The first kappa shape index (κ1) is 12.2. The van der Waals surface area contributed by atoms with Crippen LogP contribution in [0.15, 0.2) is 42.5 Å². The van der Waals surface area contributed by atoms with Gasteiger partial charge in [-0.05, 0) is 50.2 Å². The van der Waals surface area contributed by atoms with E-state index in [1.54, 1.807) is 0 Å². The molecule has 1 fully saturated rings. The van der Waals surface area contributed by atoms with E-state index < -0.39 is 0 Å². The van der Waals surface area contributed by atoms with Gasteiger partial charge in [-0.25, -0.2) is 0 Å². The monoisotopic (exact) mass is 285 g/mol. The Morgan fingerprint density at radius 2 is 1.70 bits per heavy atom. The molecule has 2 nitrogen and oxygen atoms in total. The first-order chi connectivity index (χ1) is 9.79. The number of para-hydroxylation sites is 1. The molecule has 0 radical (unpaired) electrons. The zero-order valence-corrected chi connectivity index (χ0v) is 11.9. The Balaban J connectivity index is 1.98. The molecule has 2 heterocycles. The molecule has 0 saturated carbocycles. The van der Waals surface area contributed by atoms with Crippen LogP contribution in [-0.2, 0) is 5.41 Å². The molecule has 1 N–H and O–H groups in total. The fourth-order valence-corrected chi connectivity index (χ4v) is 3.74. The molecule has 4 rings (SSSR count). The van der Waals surface area contributed by atoms with Gasteiger partial charge in [0.15, 0.2) is 0 Å². The second-order valence-electron chi connectivity index (χ2n) is 5.57. The molecule has 0 bridgehead atoms. The third kappa shape index (κ3) is 1.68. The smallest absolute Gasteiger partial charge is 0.131 e. The van der Waals surface area contributed by atoms with Crippen molar-refractivity contribution in [2.75, 3.05) is 13.1 Å². The van der Waals surface area contributed by atoms with Crippen molar-refractivity contribution in [3.05, 3.63) is 58.6 Å². The van der Waals surface area contributed by atoms with Crippen LogP contribution in [0.3, 0.4) is 0 Å². The summed E-state index contributed by atoms with van der Waals surface area (Å²) in [6.45, 7) is 2.06. The molecule has 102 valence electrons. The molecular formula is C17H16ClNO. The van der Waals surface area contributed by atoms with Crippen LogP contribution in [-0.4, -0.2) is 13.1 Å². The number of piperidine rings is 1. The molecule has 0 atom stereocenters. The summed E-state index contributed by atoms with van der Waals surface area (Å²) in [5.74, 6) is 1.94. The molecule has 3 heteroatoms. The lowest BCUT2D eigenvalue weighted by molar-refractivity contribution is 0.318. The van der Waals surface area contributed by atoms with Gasteiger partial charge in [-0.2, -0.15) is 0 Å². The van der Waals surface area contributed by atoms with Crippen molar-refractivity contribution < 1.29 is 4.74 Å². The number of rotatable bonds is 0. The van der Waals surface area contributed by atoms with Crippen LogP contribution in [0.4, 0.5) is 0 Å². The van der Waals surface area contributed by atoms with Crippen molar-refractivity contribution in [3.8, 4) is 11.5 Å². The Hall–Kier alpha value is -1.51. The van der Waals surface area contributed by atoms with Gasteiger partial charge in [-0.1, -0.05) is 29.8 Å². The summed E-state index contributed by atoms with van der Waals surface area (Å²) in [6, 6.07) is 14.4. The number of benzene rings is 2. The molecule has 2 aliphatic rings. The van der Waals surface area contributed by atoms with Crippen LogP contribution >= 0.6 is 11.6 Å². The van der Waals surface area contributed by atoms with Gasteiger partial charge < -0.3 is 10.1 Å². The summed E-state index contributed by atoms with van der Waals surface area (Å²) in [5, 5.41) is 4.24. The second-order valence-corrected chi connectivity index (χ2v) is 6.01. The second kappa shape index (κ2) is 4.51. The molecule has 20 heavy (non-hydrogen) atoms. The van der Waals surface area contributed by atoms with E-state index in [9.17, 15) is 0 Å². The van der Waals surface area contributed by atoms with Crippen LogP contribution in [0.1, 0.15) is 24.0 Å². The molecular weight excluding hydrogens is 270 g/mol. The predicted octanol–water partition coefficient (Wildman–Crippen LogP) is 4.12. The first-order valence-electron chi connectivity index (χ1n) is 7.08. The predicted molar refractivity (Wildman–Crippen MR) is 80.9 cm³/mol. The number of ether oxygens (including phenoxy) is 1. The number of fused-ring (bicyclic) bond motifs is 4. The Morgan fingerprint density at radius 1 is 0.950 bits per heavy atom. The fraction of sp³-hybridized carbons (Fsp3) is 0.294. The third-order valence-corrected chi connectivity index (χ3v) is 4.77. The highest BCUT2D eigenvalue weighted by molar-refractivity contribution is 6.30. The van der Waals surface area contributed by atoms with Gasteiger partial charge in [0.25, 0.3) is 0 Å². The summed E-state index contributed by atoms with van der Waals surface area (Å²) >= 11 is 6.23. The average molecular weight is 286 g/mol. The molecule has 2 aromatic carbocycles. The summed E-state index contributed by atoms with van der Waals surface area (Å²) in [6.07, 6.45) is 2.17. The Kier molecular flexibility index (Phi) is 2.76. The van der Waals surface area contributed by atoms with E-state index in [2.05, 4.69) is 29.6 Å². The minimum atomic E-state index is 0.0420. The average Bonchev–Trinajstić information content (AvgIpc) is 2.50. The number of hydrogen-bond acceptors (Lipinski definition) is 2. The maximum absolute atomic E-state index is 6.23. The standard InChI is InChI=1S/C17H16ClNO/c18-12-5-6-16-14(11-12)17(7-9-19-10-8-17)13-3-1-2-4-15(13)20-16/h1-6,11,19H,7-10H2. The zero-order valence-electron chi connectivity index (χ0n) is 11.2. The SMILES string of the molecule is Clc1ccc2c(c1)C1(CCNCC1)c1ccccc1O2. The van der Waals surface area contributed by atoms with Crippen LogP contribution in [0.5, 0.6) is 11.5 Å². The highest BCUT2D eigenvalue weighted by Crippen LogP contribution is 2.52. The van der Waals surface area contributed by atoms with E-state index in [4.69, 9.17) is 16.3 Å². The third-order valence-electron chi connectivity index (χ3n) is 4.54. The van der Waals surface area contributed by atoms with E-state index >= 15 is 0 Å². The van der Waals surface area contributed by atoms with Crippen molar-refractivity contribution >= 4 is 11.6 Å². The van der Waals surface area contributed by atoms with Gasteiger partial charge in [0, 0.05) is 21.6 Å². The normalized spacial score (nSPS) is 19.1. The van der Waals surface area contributed by atoms with Crippen molar-refractivity contribution in [2.24, 2.45) is 0 Å². The van der Waals surface area contributed by atoms with E-state index in [0.717, 1.165) is 42.5 Å². The van der Waals surface area contributed by atoms with E-state index in [-0.39, 0.29) is 5.41 Å². The Morgan fingerprint density at radius 3 is 2.55 bits per heavy atom. The molecule has 0 aromatic heterocycles. The highest BCUT2D eigenvalue weighted by atomic mass is 35.5. The van der Waals surface area contributed by atoms with Crippen LogP contribution in [0, 0.1) is 0 Å². The lowest BCUT2D eigenvalue weighted by Gasteiger charge is -2.43. The van der Waals surface area contributed by atoms with Gasteiger partial charge in [0.2, 0.25) is 0 Å². The quantitative estimate of drug-likeness (QED) is 0.786. The topological polar surface area (TPSA) is 21.3 Å². The molecule has 2 aliphatic heterocycles. The van der Waals surface area contributed by atoms with E-state index in [1.807, 2.05) is 18.2 Å². The van der Waals surface area contributed by atoms with Crippen molar-refractivity contribution in [2.45, 2.75) is 18.3 Å². The maximum Gasteiger partial charge on any atom is 0.131 e. The minimum Gasteiger partial charge on any atom is -0.457 e. The highest BCUT2D eigenvalue weighted by Gasteiger charge is 2.42. The summed E-state index contributed by atoms with van der Waals surface area (Å²) < 4.78 is 6.08. The molecule has 1 spiro atoms. The van der Waals surface area contributed by atoms with Crippen LogP contribution < -0.4 is 10.1 Å². The Bertz CT molecular complexity index is 662. The van der Waals surface area contributed by atoms with Gasteiger partial charge in [-0.15, -0.1) is 0 Å². The zero-order chi connectivity index (χ0) is 13.6. The molecule has 1 saturated heterocycles. The van der Waals surface area contributed by atoms with Crippen LogP contribution in [0.2, 0.25) is 5.02 Å². The van der Waals surface area contributed by atoms with Crippen molar-refractivity contribution in [1.29, 1.82) is 0 Å². The van der Waals surface area contributed by atoms with Gasteiger partial charge in [-0.3, -0.25) is 0 Å². The minimum absolute atomic E-state index is 0.0420. The number of halogens is 1. The summed E-state index contributed by atoms with van der Waals surface area (Å²) in [5.41, 5.74) is 2.59. The lowest BCUT2D eigenvalue weighted by atomic mass is 9.67. The first-order valence-corrected chi connectivity index (χ1v) is 7.45. The van der Waals surface area contributed by atoms with E-state index in [1.165, 1.54) is 11.1 Å². The molecule has 0 aliphatic carbocycles. The molecule has 0 amide bonds. The van der Waals surface area contributed by atoms with E-state index in [0.29, 0.717) is 0 Å². The maximum atomic E-state index is 6.23. The largest absolute Gasteiger partial charge is 0.457 e. The van der Waals surface area contributed by atoms with Crippen molar-refractivity contribution in [1.82, 2.24) is 5.32 Å².